The SMILES string of the molecule is Cc1ccc(F)c(S(=O)(=O)N(Cc2ccccc2)[C@@H](CO)C2CC2)c1. The normalized spacial score (nSPS) is 16.2. The number of aryl methyl sites for hydroxylation is 1. The highest BCUT2D eigenvalue weighted by Crippen LogP contribution is 2.38. The van der Waals surface area contributed by atoms with E-state index in [1.54, 1.807) is 13.0 Å². The van der Waals surface area contributed by atoms with Crippen LogP contribution in [0.2, 0.25) is 0 Å². The van der Waals surface area contributed by atoms with Gasteiger partial charge in [-0.1, -0.05) is 36.4 Å². The fourth-order valence-corrected chi connectivity index (χ4v) is 4.85. The molecule has 2 aromatic rings. The van der Waals surface area contributed by atoms with Crippen molar-refractivity contribution in [3.8, 4) is 0 Å². The van der Waals surface area contributed by atoms with Gasteiger partial charge in [0.1, 0.15) is 10.7 Å². The fourth-order valence-electron chi connectivity index (χ4n) is 3.03. The van der Waals surface area contributed by atoms with E-state index in [2.05, 4.69) is 0 Å². The summed E-state index contributed by atoms with van der Waals surface area (Å²) in [6, 6.07) is 12.7. The molecule has 1 aliphatic carbocycles. The van der Waals surface area contributed by atoms with Gasteiger partial charge >= 0.3 is 0 Å². The van der Waals surface area contributed by atoms with E-state index in [1.807, 2.05) is 30.3 Å². The van der Waals surface area contributed by atoms with Gasteiger partial charge in [0.25, 0.3) is 0 Å². The lowest BCUT2D eigenvalue weighted by atomic mass is 10.1. The molecule has 1 saturated carbocycles. The molecule has 1 aliphatic rings. The Labute approximate surface area is 148 Å². The zero-order chi connectivity index (χ0) is 18.0. The number of aliphatic hydroxyl groups is 1. The molecule has 0 aromatic heterocycles. The summed E-state index contributed by atoms with van der Waals surface area (Å²) in [6.45, 7) is 1.56. The van der Waals surface area contributed by atoms with Crippen LogP contribution in [0.15, 0.2) is 53.4 Å². The van der Waals surface area contributed by atoms with Crippen LogP contribution in [-0.4, -0.2) is 30.5 Å². The maximum atomic E-state index is 14.3. The maximum absolute atomic E-state index is 14.3. The van der Waals surface area contributed by atoms with E-state index in [4.69, 9.17) is 0 Å². The van der Waals surface area contributed by atoms with Crippen LogP contribution >= 0.6 is 0 Å². The van der Waals surface area contributed by atoms with Crippen LogP contribution in [0, 0.1) is 18.7 Å². The second-order valence-corrected chi connectivity index (χ2v) is 8.42. The third kappa shape index (κ3) is 3.92. The van der Waals surface area contributed by atoms with Crippen molar-refractivity contribution in [3.05, 3.63) is 65.5 Å². The summed E-state index contributed by atoms with van der Waals surface area (Å²) in [5.74, 6) is -0.646. The summed E-state index contributed by atoms with van der Waals surface area (Å²) in [5.41, 5.74) is 1.48. The van der Waals surface area contributed by atoms with E-state index in [0.29, 0.717) is 5.56 Å². The molecule has 1 fully saturated rings. The molecule has 0 saturated heterocycles. The van der Waals surface area contributed by atoms with Gasteiger partial charge in [-0.15, -0.1) is 0 Å². The minimum atomic E-state index is -4.07. The zero-order valence-corrected chi connectivity index (χ0v) is 14.9. The molecule has 2 aromatic carbocycles. The summed E-state index contributed by atoms with van der Waals surface area (Å²) < 4.78 is 42.0. The number of halogens is 1. The van der Waals surface area contributed by atoms with Crippen LogP contribution in [-0.2, 0) is 16.6 Å². The quantitative estimate of drug-likeness (QED) is 0.822. The van der Waals surface area contributed by atoms with Crippen molar-refractivity contribution >= 4 is 10.0 Å². The van der Waals surface area contributed by atoms with E-state index in [-0.39, 0.29) is 24.0 Å². The Balaban J connectivity index is 2.04. The number of sulfonamides is 1. The van der Waals surface area contributed by atoms with Gasteiger partial charge < -0.3 is 5.11 Å². The van der Waals surface area contributed by atoms with Crippen molar-refractivity contribution in [2.75, 3.05) is 6.61 Å². The van der Waals surface area contributed by atoms with Crippen molar-refractivity contribution in [3.63, 3.8) is 0 Å². The number of rotatable bonds is 7. The highest BCUT2D eigenvalue weighted by atomic mass is 32.2. The van der Waals surface area contributed by atoms with Crippen LogP contribution in [0.25, 0.3) is 0 Å². The van der Waals surface area contributed by atoms with Gasteiger partial charge in [-0.2, -0.15) is 4.31 Å². The van der Waals surface area contributed by atoms with Crippen molar-refractivity contribution in [2.24, 2.45) is 5.92 Å². The van der Waals surface area contributed by atoms with Crippen molar-refractivity contribution in [2.45, 2.75) is 37.2 Å². The number of hydrogen-bond donors (Lipinski definition) is 1. The summed E-state index contributed by atoms with van der Waals surface area (Å²) in [7, 11) is -4.07. The van der Waals surface area contributed by atoms with Crippen LogP contribution in [0.1, 0.15) is 24.0 Å². The first kappa shape index (κ1) is 18.0. The first-order valence-electron chi connectivity index (χ1n) is 8.36. The van der Waals surface area contributed by atoms with Gasteiger partial charge in [-0.05, 0) is 48.9 Å². The van der Waals surface area contributed by atoms with Gasteiger partial charge in [-0.25, -0.2) is 12.8 Å². The lowest BCUT2D eigenvalue weighted by Crippen LogP contribution is -2.43. The molecule has 0 bridgehead atoms. The third-order valence-electron chi connectivity index (χ3n) is 4.58. The molecule has 1 N–H and O–H groups in total. The first-order valence-corrected chi connectivity index (χ1v) is 9.80. The standard InChI is InChI=1S/C19H22FNO3S/c1-14-7-10-17(20)19(11-14)25(23,24)21(18(13-22)16-8-9-16)12-15-5-3-2-4-6-15/h2-7,10-11,16,18,22H,8-9,12-13H2,1H3/t18-/m0/s1. The average molecular weight is 363 g/mol. The molecular formula is C19H22FNO3S. The van der Waals surface area contributed by atoms with E-state index >= 15 is 0 Å². The molecule has 0 spiro atoms. The molecule has 0 radical (unpaired) electrons. The van der Waals surface area contributed by atoms with Crippen LogP contribution in [0.3, 0.4) is 0 Å². The lowest BCUT2D eigenvalue weighted by Gasteiger charge is -2.30. The second kappa shape index (κ2) is 7.23. The second-order valence-electron chi connectivity index (χ2n) is 6.56. The molecule has 134 valence electrons. The summed E-state index contributed by atoms with van der Waals surface area (Å²) in [6.07, 6.45) is 1.75. The fraction of sp³-hybridized carbons (Fsp3) is 0.368. The minimum absolute atomic E-state index is 0.109. The Kier molecular flexibility index (Phi) is 5.22. The van der Waals surface area contributed by atoms with Gasteiger partial charge in [-0.3, -0.25) is 0 Å². The largest absolute Gasteiger partial charge is 0.395 e. The number of nitrogens with zero attached hydrogens (tertiary/aromatic N) is 1. The molecule has 0 heterocycles. The highest BCUT2D eigenvalue weighted by molar-refractivity contribution is 7.89. The summed E-state index contributed by atoms with van der Waals surface area (Å²) in [4.78, 5) is -0.331. The summed E-state index contributed by atoms with van der Waals surface area (Å²) >= 11 is 0. The minimum Gasteiger partial charge on any atom is -0.395 e. The van der Waals surface area contributed by atoms with Crippen LogP contribution < -0.4 is 0 Å². The van der Waals surface area contributed by atoms with Crippen molar-refractivity contribution in [1.82, 2.24) is 4.31 Å². The van der Waals surface area contributed by atoms with E-state index in [0.717, 1.165) is 18.4 Å². The van der Waals surface area contributed by atoms with Crippen LogP contribution in [0.5, 0.6) is 0 Å². The van der Waals surface area contributed by atoms with Crippen molar-refractivity contribution < 1.29 is 17.9 Å². The Morgan fingerprint density at radius 1 is 1.20 bits per heavy atom. The molecule has 4 nitrogen and oxygen atoms in total. The van der Waals surface area contributed by atoms with Crippen molar-refractivity contribution in [1.29, 1.82) is 0 Å². The monoisotopic (exact) mass is 363 g/mol. The third-order valence-corrected chi connectivity index (χ3v) is 6.46. The van der Waals surface area contributed by atoms with E-state index in [9.17, 15) is 17.9 Å². The number of aliphatic hydroxyl groups excluding tert-OH is 1. The highest BCUT2D eigenvalue weighted by Gasteiger charge is 2.41. The predicted molar refractivity (Wildman–Crippen MR) is 93.9 cm³/mol. The Morgan fingerprint density at radius 3 is 2.48 bits per heavy atom. The van der Waals surface area contributed by atoms with E-state index in [1.165, 1.54) is 16.4 Å². The Hall–Kier alpha value is -1.76. The number of hydrogen-bond acceptors (Lipinski definition) is 3. The molecule has 3 rings (SSSR count). The molecule has 0 amide bonds. The molecule has 25 heavy (non-hydrogen) atoms. The lowest BCUT2D eigenvalue weighted by molar-refractivity contribution is 0.166. The maximum Gasteiger partial charge on any atom is 0.246 e. The Bertz CT molecular complexity index is 835. The zero-order valence-electron chi connectivity index (χ0n) is 14.1. The number of benzene rings is 2. The van der Waals surface area contributed by atoms with Gasteiger partial charge in [0.05, 0.1) is 12.6 Å². The van der Waals surface area contributed by atoms with Gasteiger partial charge in [0.15, 0.2) is 0 Å². The van der Waals surface area contributed by atoms with Gasteiger partial charge in [0, 0.05) is 6.54 Å². The molecular weight excluding hydrogens is 341 g/mol. The molecule has 6 heteroatoms. The molecule has 0 unspecified atom stereocenters. The predicted octanol–water partition coefficient (Wildman–Crippen LogP) is 3.10. The topological polar surface area (TPSA) is 57.6 Å². The average Bonchev–Trinajstić information content (AvgIpc) is 3.42. The Morgan fingerprint density at radius 2 is 1.88 bits per heavy atom. The van der Waals surface area contributed by atoms with Crippen LogP contribution in [0.4, 0.5) is 4.39 Å². The molecule has 1 atom stereocenters. The first-order chi connectivity index (χ1) is 11.9. The summed E-state index contributed by atoms with van der Waals surface area (Å²) in [5, 5.41) is 9.82. The smallest absolute Gasteiger partial charge is 0.246 e. The van der Waals surface area contributed by atoms with E-state index < -0.39 is 21.9 Å². The van der Waals surface area contributed by atoms with Gasteiger partial charge in [0.2, 0.25) is 10.0 Å². The molecule has 0 aliphatic heterocycles.